The van der Waals surface area contributed by atoms with E-state index >= 15 is 0 Å². The van der Waals surface area contributed by atoms with Crippen LogP contribution in [0.2, 0.25) is 0 Å². The van der Waals surface area contributed by atoms with Crippen molar-refractivity contribution in [2.75, 3.05) is 26.7 Å². The SMILES string of the molecule is CC(C)NCCCN(C)S(=O)(=O)N1CCCC1C(C)C. The van der Waals surface area contributed by atoms with Gasteiger partial charge in [-0.1, -0.05) is 27.7 Å². The van der Waals surface area contributed by atoms with Gasteiger partial charge in [-0.2, -0.15) is 17.0 Å². The van der Waals surface area contributed by atoms with Gasteiger partial charge in [0.1, 0.15) is 0 Å². The number of nitrogens with zero attached hydrogens (tertiary/aromatic N) is 2. The van der Waals surface area contributed by atoms with E-state index < -0.39 is 10.2 Å². The molecule has 0 aliphatic carbocycles. The second-order valence-corrected chi connectivity index (χ2v) is 8.34. The minimum atomic E-state index is -3.29. The van der Waals surface area contributed by atoms with E-state index in [1.165, 1.54) is 4.31 Å². The normalized spacial score (nSPS) is 21.5. The van der Waals surface area contributed by atoms with Gasteiger partial charge in [0.2, 0.25) is 0 Å². The van der Waals surface area contributed by atoms with Gasteiger partial charge in [0.25, 0.3) is 10.2 Å². The summed E-state index contributed by atoms with van der Waals surface area (Å²) in [4.78, 5) is 0. The minimum Gasteiger partial charge on any atom is -0.314 e. The molecule has 1 fully saturated rings. The van der Waals surface area contributed by atoms with Crippen molar-refractivity contribution in [3.05, 3.63) is 0 Å². The van der Waals surface area contributed by atoms with Crippen molar-refractivity contribution in [1.82, 2.24) is 13.9 Å². The van der Waals surface area contributed by atoms with Gasteiger partial charge in [0.15, 0.2) is 0 Å². The van der Waals surface area contributed by atoms with Gasteiger partial charge < -0.3 is 5.32 Å². The van der Waals surface area contributed by atoms with E-state index in [1.54, 1.807) is 11.4 Å². The molecule has 5 nitrogen and oxygen atoms in total. The van der Waals surface area contributed by atoms with Crippen molar-refractivity contribution < 1.29 is 8.42 Å². The van der Waals surface area contributed by atoms with Gasteiger partial charge in [-0.3, -0.25) is 0 Å². The Morgan fingerprint density at radius 2 is 1.95 bits per heavy atom. The van der Waals surface area contributed by atoms with E-state index in [1.807, 2.05) is 0 Å². The first kappa shape index (κ1) is 17.9. The summed E-state index contributed by atoms with van der Waals surface area (Å²) in [6.45, 7) is 10.5. The third-order valence-electron chi connectivity index (χ3n) is 3.91. The first-order valence-electron chi connectivity index (χ1n) is 7.73. The van der Waals surface area contributed by atoms with E-state index in [2.05, 4.69) is 33.0 Å². The summed E-state index contributed by atoms with van der Waals surface area (Å²) in [5.74, 6) is 0.378. The summed E-state index contributed by atoms with van der Waals surface area (Å²) in [6.07, 6.45) is 2.80. The second kappa shape index (κ2) is 7.73. The van der Waals surface area contributed by atoms with Crippen LogP contribution < -0.4 is 5.32 Å². The summed E-state index contributed by atoms with van der Waals surface area (Å²) >= 11 is 0. The van der Waals surface area contributed by atoms with Crippen LogP contribution in [0.4, 0.5) is 0 Å². The first-order chi connectivity index (χ1) is 9.26. The number of rotatable bonds is 8. The molecule has 0 aromatic rings. The monoisotopic (exact) mass is 305 g/mol. The maximum absolute atomic E-state index is 12.6. The molecule has 20 heavy (non-hydrogen) atoms. The van der Waals surface area contributed by atoms with Gasteiger partial charge in [-0.25, -0.2) is 0 Å². The van der Waals surface area contributed by atoms with Crippen LogP contribution >= 0.6 is 0 Å². The molecule has 6 heteroatoms. The average molecular weight is 305 g/mol. The van der Waals surface area contributed by atoms with E-state index in [4.69, 9.17) is 0 Å². The number of hydrogen-bond acceptors (Lipinski definition) is 3. The molecular formula is C14H31N3O2S. The van der Waals surface area contributed by atoms with Crippen LogP contribution in [0.3, 0.4) is 0 Å². The Morgan fingerprint density at radius 1 is 1.30 bits per heavy atom. The Labute approximate surface area is 124 Å². The van der Waals surface area contributed by atoms with Gasteiger partial charge in [-0.15, -0.1) is 0 Å². The molecule has 0 radical (unpaired) electrons. The summed E-state index contributed by atoms with van der Waals surface area (Å²) < 4.78 is 28.4. The Balaban J connectivity index is 2.54. The number of nitrogens with one attached hydrogen (secondary N) is 1. The van der Waals surface area contributed by atoms with Gasteiger partial charge in [-0.05, 0) is 31.7 Å². The van der Waals surface area contributed by atoms with Crippen molar-refractivity contribution >= 4 is 10.2 Å². The first-order valence-corrected chi connectivity index (χ1v) is 9.13. The third-order valence-corrected chi connectivity index (χ3v) is 5.93. The zero-order valence-corrected chi connectivity index (χ0v) is 14.4. The topological polar surface area (TPSA) is 52.7 Å². The lowest BCUT2D eigenvalue weighted by atomic mass is 10.0. The Morgan fingerprint density at radius 3 is 2.50 bits per heavy atom. The quantitative estimate of drug-likeness (QED) is 0.694. The molecule has 0 saturated carbocycles. The molecule has 0 aromatic heterocycles. The lowest BCUT2D eigenvalue weighted by molar-refractivity contribution is 0.291. The van der Waals surface area contributed by atoms with Crippen LogP contribution in [-0.4, -0.2) is 55.8 Å². The van der Waals surface area contributed by atoms with Gasteiger partial charge in [0.05, 0.1) is 0 Å². The largest absolute Gasteiger partial charge is 0.314 e. The molecule has 120 valence electrons. The van der Waals surface area contributed by atoms with Crippen molar-refractivity contribution in [2.24, 2.45) is 5.92 Å². The van der Waals surface area contributed by atoms with Crippen LogP contribution in [0.15, 0.2) is 0 Å². The van der Waals surface area contributed by atoms with Crippen LogP contribution in [0.5, 0.6) is 0 Å². The third kappa shape index (κ3) is 4.69. The highest BCUT2D eigenvalue weighted by molar-refractivity contribution is 7.86. The highest BCUT2D eigenvalue weighted by Crippen LogP contribution is 2.27. The highest BCUT2D eigenvalue weighted by Gasteiger charge is 2.37. The van der Waals surface area contributed by atoms with Crippen LogP contribution in [-0.2, 0) is 10.2 Å². The fourth-order valence-corrected chi connectivity index (χ4v) is 4.47. The predicted octanol–water partition coefficient (Wildman–Crippen LogP) is 1.67. The van der Waals surface area contributed by atoms with Gasteiger partial charge >= 0.3 is 0 Å². The average Bonchev–Trinajstić information content (AvgIpc) is 2.83. The molecule has 1 rings (SSSR count). The molecule has 1 unspecified atom stereocenters. The summed E-state index contributed by atoms with van der Waals surface area (Å²) in [6, 6.07) is 0.608. The molecule has 0 bridgehead atoms. The molecular weight excluding hydrogens is 274 g/mol. The fourth-order valence-electron chi connectivity index (χ4n) is 2.71. The fraction of sp³-hybridized carbons (Fsp3) is 1.00. The lowest BCUT2D eigenvalue weighted by Crippen LogP contribution is -2.46. The Kier molecular flexibility index (Phi) is 6.91. The molecule has 1 aliphatic rings. The summed E-state index contributed by atoms with van der Waals surface area (Å²) in [5, 5.41) is 3.31. The number of hydrogen-bond donors (Lipinski definition) is 1. The summed E-state index contributed by atoms with van der Waals surface area (Å²) in [7, 11) is -1.60. The highest BCUT2D eigenvalue weighted by atomic mass is 32.2. The van der Waals surface area contributed by atoms with Crippen molar-refractivity contribution in [1.29, 1.82) is 0 Å². The Bertz CT molecular complexity index is 382. The predicted molar refractivity (Wildman–Crippen MR) is 83.9 cm³/mol. The maximum atomic E-state index is 12.6. The zero-order valence-electron chi connectivity index (χ0n) is 13.6. The maximum Gasteiger partial charge on any atom is 0.281 e. The van der Waals surface area contributed by atoms with Crippen LogP contribution in [0.1, 0.15) is 47.0 Å². The van der Waals surface area contributed by atoms with Crippen molar-refractivity contribution in [2.45, 2.75) is 59.0 Å². The molecule has 0 spiro atoms. The molecule has 1 atom stereocenters. The smallest absolute Gasteiger partial charge is 0.281 e. The van der Waals surface area contributed by atoms with Crippen molar-refractivity contribution in [3.8, 4) is 0 Å². The molecule has 1 heterocycles. The molecule has 0 amide bonds. The van der Waals surface area contributed by atoms with E-state index in [0.717, 1.165) is 25.8 Å². The molecule has 1 saturated heterocycles. The molecule has 0 aromatic carbocycles. The van der Waals surface area contributed by atoms with Crippen LogP contribution in [0.25, 0.3) is 0 Å². The molecule has 1 aliphatic heterocycles. The van der Waals surface area contributed by atoms with E-state index in [-0.39, 0.29) is 6.04 Å². The summed E-state index contributed by atoms with van der Waals surface area (Å²) in [5.41, 5.74) is 0. The second-order valence-electron chi connectivity index (χ2n) is 6.36. The van der Waals surface area contributed by atoms with Crippen molar-refractivity contribution in [3.63, 3.8) is 0 Å². The molecule has 1 N–H and O–H groups in total. The Hall–Kier alpha value is -0.170. The lowest BCUT2D eigenvalue weighted by Gasteiger charge is -2.30. The zero-order chi connectivity index (χ0) is 15.3. The van der Waals surface area contributed by atoms with E-state index in [0.29, 0.717) is 25.0 Å². The van der Waals surface area contributed by atoms with Gasteiger partial charge in [0, 0.05) is 32.2 Å². The minimum absolute atomic E-state index is 0.163. The van der Waals surface area contributed by atoms with Crippen LogP contribution in [0, 0.1) is 5.92 Å². The van der Waals surface area contributed by atoms with E-state index in [9.17, 15) is 8.42 Å². The standard InChI is InChI=1S/C14H31N3O2S/c1-12(2)14-8-6-11-17(14)20(18,19)16(5)10-7-9-15-13(3)4/h12-15H,6-11H2,1-5H3.